The first-order valence-corrected chi connectivity index (χ1v) is 8.54. The molecule has 4 nitrogen and oxygen atoms in total. The number of carbonyl (C=O) groups excluding carboxylic acids is 1. The van der Waals surface area contributed by atoms with Gasteiger partial charge in [-0.1, -0.05) is 20.3 Å². The Labute approximate surface area is 129 Å². The number of likely N-dealkylation sites (N-methyl/N-ethyl adjacent to an activating group) is 1. The van der Waals surface area contributed by atoms with Crippen molar-refractivity contribution >= 4 is 5.97 Å². The molecule has 2 fully saturated rings. The summed E-state index contributed by atoms with van der Waals surface area (Å²) >= 11 is 0. The summed E-state index contributed by atoms with van der Waals surface area (Å²) in [6, 6.07) is -0.0652. The van der Waals surface area contributed by atoms with Crippen LogP contribution in [0.4, 0.5) is 0 Å². The minimum Gasteiger partial charge on any atom is -0.463 e. The third-order valence-electron chi connectivity index (χ3n) is 5.37. The summed E-state index contributed by atoms with van der Waals surface area (Å²) < 4.78 is 5.77. The van der Waals surface area contributed by atoms with Crippen LogP contribution in [0.25, 0.3) is 0 Å². The predicted octanol–water partition coefficient (Wildman–Crippen LogP) is 2.52. The summed E-state index contributed by atoms with van der Waals surface area (Å²) in [5.41, 5.74) is 0.0963. The Morgan fingerprint density at radius 1 is 1.14 bits per heavy atom. The largest absolute Gasteiger partial charge is 0.463 e. The van der Waals surface area contributed by atoms with Gasteiger partial charge in [-0.3, -0.25) is 9.69 Å². The molecule has 2 aliphatic rings. The summed E-state index contributed by atoms with van der Waals surface area (Å²) in [7, 11) is 4.19. The van der Waals surface area contributed by atoms with Crippen LogP contribution >= 0.6 is 0 Å². The van der Waals surface area contributed by atoms with Crippen LogP contribution < -0.4 is 0 Å². The average Bonchev–Trinajstić information content (AvgIpc) is 2.38. The summed E-state index contributed by atoms with van der Waals surface area (Å²) in [5.74, 6) is 0.298. The van der Waals surface area contributed by atoms with Crippen molar-refractivity contribution in [2.45, 2.75) is 64.0 Å². The van der Waals surface area contributed by atoms with Gasteiger partial charge in [-0.05, 0) is 65.2 Å². The fourth-order valence-electron chi connectivity index (χ4n) is 3.64. The zero-order chi connectivity index (χ0) is 15.5. The number of ether oxygens (including phenoxy) is 1. The van der Waals surface area contributed by atoms with E-state index in [2.05, 4.69) is 37.7 Å². The molecule has 1 heterocycles. The van der Waals surface area contributed by atoms with Crippen LogP contribution in [0.3, 0.4) is 0 Å². The second kappa shape index (κ2) is 7.10. The summed E-state index contributed by atoms with van der Waals surface area (Å²) in [6.45, 7) is 6.89. The smallest absolute Gasteiger partial charge is 0.323 e. The molecule has 0 spiro atoms. The number of rotatable bonds is 6. The highest BCUT2D eigenvalue weighted by molar-refractivity contribution is 5.76. The van der Waals surface area contributed by atoms with Gasteiger partial charge in [-0.25, -0.2) is 0 Å². The van der Waals surface area contributed by atoms with Crippen molar-refractivity contribution in [2.75, 3.05) is 33.8 Å². The van der Waals surface area contributed by atoms with Gasteiger partial charge in [0.25, 0.3) is 0 Å². The quantitative estimate of drug-likeness (QED) is 0.705. The predicted molar refractivity (Wildman–Crippen MR) is 85.3 cm³/mol. The first-order valence-electron chi connectivity index (χ1n) is 8.54. The van der Waals surface area contributed by atoms with E-state index in [-0.39, 0.29) is 17.6 Å². The third kappa shape index (κ3) is 3.78. The highest BCUT2D eigenvalue weighted by Gasteiger charge is 2.41. The van der Waals surface area contributed by atoms with Crippen molar-refractivity contribution in [3.8, 4) is 0 Å². The van der Waals surface area contributed by atoms with Crippen molar-refractivity contribution in [1.29, 1.82) is 0 Å². The molecule has 0 radical (unpaired) electrons. The highest BCUT2D eigenvalue weighted by Crippen LogP contribution is 2.36. The lowest BCUT2D eigenvalue weighted by molar-refractivity contribution is -0.158. The van der Waals surface area contributed by atoms with Crippen LogP contribution in [0.1, 0.15) is 52.4 Å². The van der Waals surface area contributed by atoms with Crippen molar-refractivity contribution < 1.29 is 9.53 Å². The molecule has 0 unspecified atom stereocenters. The maximum atomic E-state index is 12.6. The van der Waals surface area contributed by atoms with E-state index in [4.69, 9.17) is 4.74 Å². The van der Waals surface area contributed by atoms with Crippen LogP contribution in [0.15, 0.2) is 0 Å². The Kier molecular flexibility index (Phi) is 5.67. The molecule has 4 heteroatoms. The van der Waals surface area contributed by atoms with E-state index in [9.17, 15) is 4.79 Å². The normalized spacial score (nSPS) is 23.9. The summed E-state index contributed by atoms with van der Waals surface area (Å²) in [4.78, 5) is 17.2. The molecule has 0 aromatic carbocycles. The lowest BCUT2D eigenvalue weighted by Gasteiger charge is -2.47. The molecule has 0 amide bonds. The molecule has 0 aromatic rings. The molecular formula is C17H32N2O2. The van der Waals surface area contributed by atoms with Gasteiger partial charge in [0.05, 0.1) is 5.54 Å². The van der Waals surface area contributed by atoms with Crippen LogP contribution in [0.2, 0.25) is 0 Å². The topological polar surface area (TPSA) is 32.8 Å². The van der Waals surface area contributed by atoms with Gasteiger partial charge in [0.15, 0.2) is 0 Å². The summed E-state index contributed by atoms with van der Waals surface area (Å²) in [5, 5.41) is 0. The van der Waals surface area contributed by atoms with Gasteiger partial charge in [0, 0.05) is 0 Å². The fraction of sp³-hybridized carbons (Fsp3) is 0.941. The Bertz CT molecular complexity index is 345. The van der Waals surface area contributed by atoms with Crippen LogP contribution in [0.5, 0.6) is 0 Å². The molecule has 1 aliphatic carbocycles. The molecule has 2 rings (SSSR count). The third-order valence-corrected chi connectivity index (χ3v) is 5.37. The average molecular weight is 296 g/mol. The van der Waals surface area contributed by atoms with E-state index in [0.717, 1.165) is 25.9 Å². The van der Waals surface area contributed by atoms with Crippen molar-refractivity contribution in [1.82, 2.24) is 9.80 Å². The second-order valence-electron chi connectivity index (χ2n) is 7.37. The van der Waals surface area contributed by atoms with E-state index in [1.54, 1.807) is 0 Å². The molecule has 0 aromatic heterocycles. The molecule has 122 valence electrons. The van der Waals surface area contributed by atoms with Gasteiger partial charge >= 0.3 is 5.97 Å². The molecule has 1 aliphatic heterocycles. The molecule has 0 bridgehead atoms. The standard InChI is InChI=1S/C17H32N2O2/c1-14(2)15(19-11-6-5-7-12-19)16(20)21-13-17(18(3)4)9-8-10-17/h14-15H,5-13H2,1-4H3/t15-/m1/s1. The first kappa shape index (κ1) is 16.8. The zero-order valence-corrected chi connectivity index (χ0v) is 14.2. The number of carbonyl (C=O) groups is 1. The van der Waals surface area contributed by atoms with Gasteiger partial charge < -0.3 is 9.64 Å². The Balaban J connectivity index is 1.92. The number of likely N-dealkylation sites (tertiary alicyclic amines) is 1. The number of piperidine rings is 1. The number of nitrogens with zero attached hydrogens (tertiary/aromatic N) is 2. The van der Waals surface area contributed by atoms with E-state index >= 15 is 0 Å². The van der Waals surface area contributed by atoms with Gasteiger partial charge in [-0.15, -0.1) is 0 Å². The maximum absolute atomic E-state index is 12.6. The maximum Gasteiger partial charge on any atom is 0.323 e. The SMILES string of the molecule is CC(C)[C@H](C(=O)OCC1(N(C)C)CCC1)N1CCCCC1. The van der Waals surface area contributed by atoms with Crippen LogP contribution in [0, 0.1) is 5.92 Å². The Morgan fingerprint density at radius 2 is 1.76 bits per heavy atom. The van der Waals surface area contributed by atoms with Crippen LogP contribution in [-0.4, -0.2) is 61.1 Å². The number of hydrogen-bond donors (Lipinski definition) is 0. The van der Waals surface area contributed by atoms with Gasteiger partial charge in [-0.2, -0.15) is 0 Å². The highest BCUT2D eigenvalue weighted by atomic mass is 16.5. The van der Waals surface area contributed by atoms with Gasteiger partial charge in [0.2, 0.25) is 0 Å². The number of hydrogen-bond acceptors (Lipinski definition) is 4. The van der Waals surface area contributed by atoms with E-state index in [0.29, 0.717) is 12.5 Å². The van der Waals surface area contributed by atoms with Crippen molar-refractivity contribution in [3.05, 3.63) is 0 Å². The van der Waals surface area contributed by atoms with Gasteiger partial charge in [0.1, 0.15) is 12.6 Å². The first-order chi connectivity index (χ1) is 9.96. The molecule has 21 heavy (non-hydrogen) atoms. The Hall–Kier alpha value is -0.610. The molecular weight excluding hydrogens is 264 g/mol. The van der Waals surface area contributed by atoms with E-state index in [1.807, 2.05) is 0 Å². The monoisotopic (exact) mass is 296 g/mol. The van der Waals surface area contributed by atoms with Crippen molar-refractivity contribution in [2.24, 2.45) is 5.92 Å². The molecule has 1 atom stereocenters. The lowest BCUT2D eigenvalue weighted by Crippen LogP contribution is -2.55. The lowest BCUT2D eigenvalue weighted by atomic mass is 9.76. The van der Waals surface area contributed by atoms with E-state index < -0.39 is 0 Å². The minimum absolute atomic E-state index is 0.0139. The fourth-order valence-corrected chi connectivity index (χ4v) is 3.64. The molecule has 0 N–H and O–H groups in total. The second-order valence-corrected chi connectivity index (χ2v) is 7.37. The zero-order valence-electron chi connectivity index (χ0n) is 14.2. The molecule has 1 saturated carbocycles. The number of esters is 1. The van der Waals surface area contributed by atoms with E-state index in [1.165, 1.54) is 25.7 Å². The minimum atomic E-state index is -0.0652. The van der Waals surface area contributed by atoms with Crippen LogP contribution in [-0.2, 0) is 9.53 Å². The Morgan fingerprint density at radius 3 is 2.19 bits per heavy atom. The van der Waals surface area contributed by atoms with Crippen molar-refractivity contribution in [3.63, 3.8) is 0 Å². The molecule has 1 saturated heterocycles. The summed E-state index contributed by atoms with van der Waals surface area (Å²) in [6.07, 6.45) is 7.23.